The van der Waals surface area contributed by atoms with Crippen LogP contribution in [0.4, 0.5) is 0 Å². The van der Waals surface area contributed by atoms with E-state index in [0.717, 1.165) is 32.4 Å². The maximum atomic E-state index is 11.9. The highest BCUT2D eigenvalue weighted by Gasteiger charge is 2.23. The molecular formula is C12H21N5O. The molecule has 0 saturated carbocycles. The van der Waals surface area contributed by atoms with Crippen LogP contribution in [0.2, 0.25) is 0 Å². The first-order valence-electron chi connectivity index (χ1n) is 6.61. The van der Waals surface area contributed by atoms with Gasteiger partial charge in [-0.05, 0) is 26.2 Å². The standard InChI is InChI=1S/C12H21N5O/c1-10-3-4-11(9-14-10)12(18)13-5-2-7-17-8-6-15-16-17/h6,8,10-11,14H,2-5,7,9H2,1H3,(H,13,18). The number of rotatable bonds is 5. The third kappa shape index (κ3) is 3.80. The molecule has 2 unspecified atom stereocenters. The summed E-state index contributed by atoms with van der Waals surface area (Å²) in [5.41, 5.74) is 0. The quantitative estimate of drug-likeness (QED) is 0.732. The van der Waals surface area contributed by atoms with E-state index in [1.165, 1.54) is 0 Å². The minimum atomic E-state index is 0.132. The van der Waals surface area contributed by atoms with Gasteiger partial charge in [0.1, 0.15) is 0 Å². The van der Waals surface area contributed by atoms with Gasteiger partial charge >= 0.3 is 0 Å². The van der Waals surface area contributed by atoms with Crippen LogP contribution in [0, 0.1) is 5.92 Å². The molecule has 2 heterocycles. The summed E-state index contributed by atoms with van der Waals surface area (Å²) >= 11 is 0. The van der Waals surface area contributed by atoms with E-state index >= 15 is 0 Å². The Morgan fingerprint density at radius 1 is 1.56 bits per heavy atom. The van der Waals surface area contributed by atoms with E-state index in [2.05, 4.69) is 27.9 Å². The van der Waals surface area contributed by atoms with Gasteiger partial charge in [0.2, 0.25) is 5.91 Å². The fraction of sp³-hybridized carbons (Fsp3) is 0.750. The van der Waals surface area contributed by atoms with E-state index in [9.17, 15) is 4.79 Å². The van der Waals surface area contributed by atoms with E-state index in [1.807, 2.05) is 6.20 Å². The lowest BCUT2D eigenvalue weighted by molar-refractivity contribution is -0.125. The van der Waals surface area contributed by atoms with Crippen molar-refractivity contribution in [3.8, 4) is 0 Å². The zero-order chi connectivity index (χ0) is 12.8. The Kier molecular flexibility index (Phi) is 4.69. The molecule has 0 bridgehead atoms. The number of carbonyl (C=O) groups is 1. The monoisotopic (exact) mass is 251 g/mol. The second kappa shape index (κ2) is 6.49. The molecule has 0 aromatic carbocycles. The number of hydrogen-bond donors (Lipinski definition) is 2. The van der Waals surface area contributed by atoms with Crippen molar-refractivity contribution in [1.29, 1.82) is 0 Å². The summed E-state index contributed by atoms with van der Waals surface area (Å²) in [6, 6.07) is 0.543. The van der Waals surface area contributed by atoms with Crippen molar-refractivity contribution in [1.82, 2.24) is 25.6 Å². The second-order valence-electron chi connectivity index (χ2n) is 4.89. The van der Waals surface area contributed by atoms with Crippen molar-refractivity contribution >= 4 is 5.91 Å². The van der Waals surface area contributed by atoms with Crippen molar-refractivity contribution in [2.24, 2.45) is 5.92 Å². The van der Waals surface area contributed by atoms with Gasteiger partial charge < -0.3 is 10.6 Å². The molecule has 2 N–H and O–H groups in total. The molecule has 1 aliphatic heterocycles. The van der Waals surface area contributed by atoms with Gasteiger partial charge in [-0.15, -0.1) is 5.10 Å². The van der Waals surface area contributed by atoms with Crippen LogP contribution in [0.5, 0.6) is 0 Å². The highest BCUT2D eigenvalue weighted by atomic mass is 16.1. The highest BCUT2D eigenvalue weighted by molar-refractivity contribution is 5.78. The van der Waals surface area contributed by atoms with E-state index in [4.69, 9.17) is 0 Å². The van der Waals surface area contributed by atoms with Crippen molar-refractivity contribution < 1.29 is 4.79 Å². The maximum absolute atomic E-state index is 11.9. The van der Waals surface area contributed by atoms with E-state index < -0.39 is 0 Å². The van der Waals surface area contributed by atoms with Gasteiger partial charge in [0.05, 0.1) is 12.1 Å². The zero-order valence-corrected chi connectivity index (χ0v) is 10.8. The van der Waals surface area contributed by atoms with Crippen LogP contribution in [0.1, 0.15) is 26.2 Å². The summed E-state index contributed by atoms with van der Waals surface area (Å²) in [5, 5.41) is 13.9. The third-order valence-corrected chi connectivity index (χ3v) is 3.37. The lowest BCUT2D eigenvalue weighted by Gasteiger charge is -2.26. The second-order valence-corrected chi connectivity index (χ2v) is 4.89. The first kappa shape index (κ1) is 13.0. The third-order valence-electron chi connectivity index (χ3n) is 3.37. The fourth-order valence-electron chi connectivity index (χ4n) is 2.17. The molecule has 2 atom stereocenters. The minimum absolute atomic E-state index is 0.132. The number of piperidine rings is 1. The minimum Gasteiger partial charge on any atom is -0.356 e. The molecule has 0 radical (unpaired) electrons. The Labute approximate surface area is 107 Å². The lowest BCUT2D eigenvalue weighted by Crippen LogP contribution is -2.44. The molecule has 1 fully saturated rings. The summed E-state index contributed by atoms with van der Waals surface area (Å²) < 4.78 is 1.77. The number of carbonyl (C=O) groups excluding carboxylic acids is 1. The van der Waals surface area contributed by atoms with Crippen LogP contribution in [-0.2, 0) is 11.3 Å². The van der Waals surface area contributed by atoms with Crippen LogP contribution in [0.15, 0.2) is 12.4 Å². The molecule has 6 heteroatoms. The molecule has 1 aromatic rings. The molecule has 2 rings (SSSR count). The molecule has 1 aromatic heterocycles. The summed E-state index contributed by atoms with van der Waals surface area (Å²) in [7, 11) is 0. The normalized spacial score (nSPS) is 23.8. The molecule has 1 amide bonds. The van der Waals surface area contributed by atoms with Crippen LogP contribution in [0.3, 0.4) is 0 Å². The van der Waals surface area contributed by atoms with Crippen molar-refractivity contribution in [3.05, 3.63) is 12.4 Å². The van der Waals surface area contributed by atoms with Crippen molar-refractivity contribution in [2.45, 2.75) is 38.8 Å². The average molecular weight is 251 g/mol. The Balaban J connectivity index is 1.60. The summed E-state index contributed by atoms with van der Waals surface area (Å²) in [5.74, 6) is 0.306. The van der Waals surface area contributed by atoms with Crippen LogP contribution >= 0.6 is 0 Å². The molecule has 0 spiro atoms. The smallest absolute Gasteiger partial charge is 0.224 e. The fourth-order valence-corrected chi connectivity index (χ4v) is 2.17. The Hall–Kier alpha value is -1.43. The number of amides is 1. The predicted octanol–water partition coefficient (Wildman–Crippen LogP) is 0.173. The van der Waals surface area contributed by atoms with Gasteiger partial charge in [0.15, 0.2) is 0 Å². The Morgan fingerprint density at radius 2 is 2.44 bits per heavy atom. The van der Waals surface area contributed by atoms with Crippen LogP contribution in [-0.4, -0.2) is 40.0 Å². The molecule has 6 nitrogen and oxygen atoms in total. The SMILES string of the molecule is CC1CCC(C(=O)NCCCn2ccnn2)CN1. The Morgan fingerprint density at radius 3 is 3.11 bits per heavy atom. The molecule has 18 heavy (non-hydrogen) atoms. The predicted molar refractivity (Wildman–Crippen MR) is 67.8 cm³/mol. The topological polar surface area (TPSA) is 71.8 Å². The van der Waals surface area contributed by atoms with Gasteiger partial charge in [-0.1, -0.05) is 5.21 Å². The van der Waals surface area contributed by atoms with Crippen molar-refractivity contribution in [2.75, 3.05) is 13.1 Å². The lowest BCUT2D eigenvalue weighted by atomic mass is 9.95. The number of nitrogens with zero attached hydrogens (tertiary/aromatic N) is 3. The van der Waals surface area contributed by atoms with Gasteiger partial charge in [-0.2, -0.15) is 0 Å². The van der Waals surface area contributed by atoms with Crippen LogP contribution < -0.4 is 10.6 Å². The van der Waals surface area contributed by atoms with Gasteiger partial charge in [0, 0.05) is 31.9 Å². The number of nitrogens with one attached hydrogen (secondary N) is 2. The number of aryl methyl sites for hydroxylation is 1. The molecule has 0 aliphatic carbocycles. The van der Waals surface area contributed by atoms with E-state index in [-0.39, 0.29) is 11.8 Å². The van der Waals surface area contributed by atoms with Crippen molar-refractivity contribution in [3.63, 3.8) is 0 Å². The first-order chi connectivity index (χ1) is 8.75. The largest absolute Gasteiger partial charge is 0.356 e. The summed E-state index contributed by atoms with van der Waals surface area (Å²) in [6.45, 7) is 4.45. The van der Waals surface area contributed by atoms with Gasteiger partial charge in [-0.3, -0.25) is 9.48 Å². The average Bonchev–Trinajstić information content (AvgIpc) is 2.88. The summed E-state index contributed by atoms with van der Waals surface area (Å²) in [6.07, 6.45) is 6.44. The van der Waals surface area contributed by atoms with E-state index in [1.54, 1.807) is 10.9 Å². The first-order valence-corrected chi connectivity index (χ1v) is 6.61. The summed E-state index contributed by atoms with van der Waals surface area (Å²) in [4.78, 5) is 11.9. The molecule has 1 saturated heterocycles. The number of aromatic nitrogens is 3. The highest BCUT2D eigenvalue weighted by Crippen LogP contribution is 2.13. The van der Waals surface area contributed by atoms with Crippen LogP contribution in [0.25, 0.3) is 0 Å². The van der Waals surface area contributed by atoms with E-state index in [0.29, 0.717) is 12.6 Å². The molecule has 1 aliphatic rings. The molecular weight excluding hydrogens is 230 g/mol. The molecule has 100 valence electrons. The number of hydrogen-bond acceptors (Lipinski definition) is 4. The zero-order valence-electron chi connectivity index (χ0n) is 10.8. The maximum Gasteiger partial charge on any atom is 0.224 e. The Bertz CT molecular complexity index is 357. The van der Waals surface area contributed by atoms with Gasteiger partial charge in [0.25, 0.3) is 0 Å². The van der Waals surface area contributed by atoms with Gasteiger partial charge in [-0.25, -0.2) is 0 Å².